The van der Waals surface area contributed by atoms with Gasteiger partial charge in [0.15, 0.2) is 0 Å². The minimum absolute atomic E-state index is 0.0175. The molecule has 2 fully saturated rings. The lowest BCUT2D eigenvalue weighted by atomic mass is 9.91. The van der Waals surface area contributed by atoms with E-state index < -0.39 is 10.0 Å². The topological polar surface area (TPSA) is 49.9 Å². The zero-order valence-electron chi connectivity index (χ0n) is 13.2. The van der Waals surface area contributed by atoms with E-state index in [0.29, 0.717) is 11.4 Å². The predicted molar refractivity (Wildman–Crippen MR) is 85.1 cm³/mol. The number of nitrogens with zero attached hydrogens (tertiary/aromatic N) is 2. The predicted octanol–water partition coefficient (Wildman–Crippen LogP) is 1.42. The van der Waals surface area contributed by atoms with Gasteiger partial charge in [-0.2, -0.15) is 4.31 Å². The summed E-state index contributed by atoms with van der Waals surface area (Å²) in [7, 11) is -1.69. The number of methoxy groups -OCH3 is 1. The molecule has 0 spiro atoms. The van der Waals surface area contributed by atoms with Gasteiger partial charge in [0.05, 0.1) is 11.0 Å². The molecule has 122 valence electrons. The van der Waals surface area contributed by atoms with Gasteiger partial charge in [-0.05, 0) is 25.1 Å². The molecule has 6 heteroatoms. The highest BCUT2D eigenvalue weighted by Crippen LogP contribution is 2.35. The standard InChI is InChI=1S/C16H24N2O3S/c1-3-17-11-14-15(12-17)18(10-9-16(14)21-2)22(19,20)13-7-5-4-6-8-13/h4-8,14-16H,3,9-12H2,1-2H3/t14-,15+,16+/m1/s1. The molecule has 2 heterocycles. The highest BCUT2D eigenvalue weighted by atomic mass is 32.2. The van der Waals surface area contributed by atoms with Crippen LogP contribution in [0.4, 0.5) is 0 Å². The molecule has 0 aliphatic carbocycles. The number of sulfonamides is 1. The number of hydrogen-bond acceptors (Lipinski definition) is 4. The molecule has 1 aromatic carbocycles. The molecule has 2 aliphatic rings. The van der Waals surface area contributed by atoms with Crippen molar-refractivity contribution in [2.45, 2.75) is 30.4 Å². The largest absolute Gasteiger partial charge is 0.381 e. The summed E-state index contributed by atoms with van der Waals surface area (Å²) >= 11 is 0. The van der Waals surface area contributed by atoms with Crippen molar-refractivity contribution in [3.05, 3.63) is 30.3 Å². The fourth-order valence-corrected chi connectivity index (χ4v) is 5.47. The van der Waals surface area contributed by atoms with E-state index >= 15 is 0 Å². The molecule has 3 atom stereocenters. The lowest BCUT2D eigenvalue weighted by molar-refractivity contribution is 0.00239. The molecule has 2 aliphatic heterocycles. The second kappa shape index (κ2) is 6.28. The molecule has 0 amide bonds. The summed E-state index contributed by atoms with van der Waals surface area (Å²) in [6.07, 6.45) is 0.921. The minimum atomic E-state index is -3.43. The van der Waals surface area contributed by atoms with Crippen LogP contribution in [0.15, 0.2) is 35.2 Å². The fourth-order valence-electron chi connectivity index (χ4n) is 3.78. The Balaban J connectivity index is 1.91. The van der Waals surface area contributed by atoms with Gasteiger partial charge in [0.2, 0.25) is 10.0 Å². The average molecular weight is 324 g/mol. The van der Waals surface area contributed by atoms with Crippen molar-refractivity contribution < 1.29 is 13.2 Å². The van der Waals surface area contributed by atoms with Gasteiger partial charge in [-0.1, -0.05) is 25.1 Å². The highest BCUT2D eigenvalue weighted by Gasteiger charge is 2.48. The summed E-state index contributed by atoms with van der Waals surface area (Å²) in [4.78, 5) is 2.71. The van der Waals surface area contributed by atoms with E-state index in [2.05, 4.69) is 11.8 Å². The van der Waals surface area contributed by atoms with E-state index in [9.17, 15) is 8.42 Å². The monoisotopic (exact) mass is 324 g/mol. The summed E-state index contributed by atoms with van der Waals surface area (Å²) in [6.45, 7) is 5.32. The van der Waals surface area contributed by atoms with Crippen LogP contribution in [0.1, 0.15) is 13.3 Å². The first-order valence-electron chi connectivity index (χ1n) is 7.90. The zero-order chi connectivity index (χ0) is 15.7. The van der Waals surface area contributed by atoms with Gasteiger partial charge in [-0.3, -0.25) is 0 Å². The summed E-state index contributed by atoms with van der Waals surface area (Å²) in [6, 6.07) is 8.77. The Morgan fingerprint density at radius 2 is 1.95 bits per heavy atom. The Morgan fingerprint density at radius 1 is 1.23 bits per heavy atom. The van der Waals surface area contributed by atoms with Gasteiger partial charge < -0.3 is 9.64 Å². The number of piperidine rings is 1. The number of benzene rings is 1. The zero-order valence-corrected chi connectivity index (χ0v) is 14.0. The van der Waals surface area contributed by atoms with Crippen molar-refractivity contribution in [2.75, 3.05) is 33.3 Å². The maximum Gasteiger partial charge on any atom is 0.243 e. The van der Waals surface area contributed by atoms with Crippen molar-refractivity contribution in [2.24, 2.45) is 5.92 Å². The third kappa shape index (κ3) is 2.69. The quantitative estimate of drug-likeness (QED) is 0.840. The molecular formula is C16H24N2O3S. The van der Waals surface area contributed by atoms with E-state index in [1.807, 2.05) is 6.07 Å². The third-order valence-corrected chi connectivity index (χ3v) is 6.93. The van der Waals surface area contributed by atoms with E-state index in [1.54, 1.807) is 35.7 Å². The number of hydrogen-bond donors (Lipinski definition) is 0. The van der Waals surface area contributed by atoms with Crippen LogP contribution in [0.3, 0.4) is 0 Å². The van der Waals surface area contributed by atoms with Crippen molar-refractivity contribution in [1.82, 2.24) is 9.21 Å². The van der Waals surface area contributed by atoms with Crippen LogP contribution in [0.2, 0.25) is 0 Å². The third-order valence-electron chi connectivity index (χ3n) is 4.99. The minimum Gasteiger partial charge on any atom is -0.381 e. The van der Waals surface area contributed by atoms with Gasteiger partial charge in [0.25, 0.3) is 0 Å². The van der Waals surface area contributed by atoms with Crippen LogP contribution in [0, 0.1) is 5.92 Å². The molecule has 3 rings (SSSR count). The Hall–Kier alpha value is -0.950. The van der Waals surface area contributed by atoms with Crippen molar-refractivity contribution in [3.63, 3.8) is 0 Å². The van der Waals surface area contributed by atoms with E-state index in [-0.39, 0.29) is 18.1 Å². The van der Waals surface area contributed by atoms with E-state index in [0.717, 1.165) is 26.1 Å². The number of ether oxygens (including phenoxy) is 1. The average Bonchev–Trinajstić information content (AvgIpc) is 2.98. The molecule has 0 N–H and O–H groups in total. The Morgan fingerprint density at radius 3 is 2.59 bits per heavy atom. The first kappa shape index (κ1) is 15.9. The summed E-state index contributed by atoms with van der Waals surface area (Å²) in [5, 5.41) is 0. The SMILES string of the molecule is CCN1C[C@H]2[C@@H](OC)CCN(S(=O)(=O)c3ccccc3)[C@H]2C1. The van der Waals surface area contributed by atoms with Gasteiger partial charge in [-0.15, -0.1) is 0 Å². The Kier molecular flexibility index (Phi) is 4.54. The van der Waals surface area contributed by atoms with Gasteiger partial charge in [0, 0.05) is 38.7 Å². The molecule has 0 radical (unpaired) electrons. The lowest BCUT2D eigenvalue weighted by Gasteiger charge is -2.40. The summed E-state index contributed by atoms with van der Waals surface area (Å²) in [5.74, 6) is 0.261. The molecular weight excluding hydrogens is 300 g/mol. The normalized spacial score (nSPS) is 30.4. The first-order chi connectivity index (χ1) is 10.6. The second-order valence-electron chi connectivity index (χ2n) is 6.08. The number of rotatable bonds is 4. The highest BCUT2D eigenvalue weighted by molar-refractivity contribution is 7.89. The molecule has 0 unspecified atom stereocenters. The number of fused-ring (bicyclic) bond motifs is 1. The molecule has 5 nitrogen and oxygen atoms in total. The van der Waals surface area contributed by atoms with Crippen LogP contribution >= 0.6 is 0 Å². The van der Waals surface area contributed by atoms with Gasteiger partial charge in [-0.25, -0.2) is 8.42 Å². The van der Waals surface area contributed by atoms with Gasteiger partial charge in [0.1, 0.15) is 0 Å². The van der Waals surface area contributed by atoms with Crippen LogP contribution in [-0.2, 0) is 14.8 Å². The summed E-state index contributed by atoms with van der Waals surface area (Å²) < 4.78 is 33.3. The van der Waals surface area contributed by atoms with E-state index in [1.165, 1.54) is 0 Å². The molecule has 0 bridgehead atoms. The fraction of sp³-hybridized carbons (Fsp3) is 0.625. The lowest BCUT2D eigenvalue weighted by Crippen LogP contribution is -2.53. The van der Waals surface area contributed by atoms with Crippen molar-refractivity contribution >= 4 is 10.0 Å². The molecule has 22 heavy (non-hydrogen) atoms. The van der Waals surface area contributed by atoms with Crippen LogP contribution in [-0.4, -0.2) is 63.1 Å². The molecule has 1 aromatic rings. The second-order valence-corrected chi connectivity index (χ2v) is 7.97. The van der Waals surface area contributed by atoms with Gasteiger partial charge >= 0.3 is 0 Å². The molecule has 0 saturated carbocycles. The summed E-state index contributed by atoms with van der Waals surface area (Å²) in [5.41, 5.74) is 0. The van der Waals surface area contributed by atoms with Crippen LogP contribution in [0.25, 0.3) is 0 Å². The smallest absolute Gasteiger partial charge is 0.243 e. The number of likely N-dealkylation sites (tertiary alicyclic amines) is 1. The van der Waals surface area contributed by atoms with Crippen molar-refractivity contribution in [1.29, 1.82) is 0 Å². The first-order valence-corrected chi connectivity index (χ1v) is 9.34. The van der Waals surface area contributed by atoms with Crippen LogP contribution in [0.5, 0.6) is 0 Å². The van der Waals surface area contributed by atoms with Crippen LogP contribution < -0.4 is 0 Å². The number of likely N-dealkylation sites (N-methyl/N-ethyl adjacent to an activating group) is 1. The molecule has 0 aromatic heterocycles. The van der Waals surface area contributed by atoms with Crippen molar-refractivity contribution in [3.8, 4) is 0 Å². The maximum absolute atomic E-state index is 13.0. The Labute approximate surface area is 132 Å². The van der Waals surface area contributed by atoms with E-state index in [4.69, 9.17) is 4.74 Å². The molecule has 2 saturated heterocycles. The Bertz CT molecular complexity index is 605. The maximum atomic E-state index is 13.0.